The lowest BCUT2D eigenvalue weighted by Crippen LogP contribution is -2.20. The van der Waals surface area contributed by atoms with Crippen LogP contribution >= 0.6 is 15.9 Å². The highest BCUT2D eigenvalue weighted by atomic mass is 79.9. The smallest absolute Gasteiger partial charge is 0.406 e. The number of alkyl carbamates (subject to hydrolysis) is 1. The fraction of sp³-hybridized carbons (Fsp3) is 0.300. The molecule has 0 fully saturated rings. The molecule has 3 nitrogen and oxygen atoms in total. The molecule has 1 unspecified atom stereocenters. The second-order valence-corrected chi connectivity index (χ2v) is 3.83. The van der Waals surface area contributed by atoms with Crippen molar-refractivity contribution in [1.82, 2.24) is 5.32 Å². The van der Waals surface area contributed by atoms with Crippen LogP contribution in [0.1, 0.15) is 10.4 Å². The van der Waals surface area contributed by atoms with Crippen molar-refractivity contribution in [2.75, 3.05) is 13.7 Å². The standard InChI is InChI=1S/C10H12BrNO2/c1-12-10(13)14-7-9(11)8-5-3-2-4-6-8/h2-6,9H,7H2,1H3,(H,12,13). The monoisotopic (exact) mass is 257 g/mol. The van der Waals surface area contributed by atoms with E-state index in [0.29, 0.717) is 6.61 Å². The molecule has 0 bridgehead atoms. The topological polar surface area (TPSA) is 38.3 Å². The molecule has 1 aromatic carbocycles. The highest BCUT2D eigenvalue weighted by molar-refractivity contribution is 9.09. The first-order chi connectivity index (χ1) is 6.74. The van der Waals surface area contributed by atoms with Crippen LogP contribution in [0.15, 0.2) is 30.3 Å². The van der Waals surface area contributed by atoms with E-state index in [1.54, 1.807) is 0 Å². The molecular weight excluding hydrogens is 246 g/mol. The van der Waals surface area contributed by atoms with Crippen LogP contribution in [-0.2, 0) is 4.74 Å². The van der Waals surface area contributed by atoms with E-state index in [1.165, 1.54) is 7.05 Å². The van der Waals surface area contributed by atoms with Gasteiger partial charge in [0.05, 0.1) is 4.83 Å². The molecule has 0 aliphatic heterocycles. The molecular formula is C10H12BrNO2. The Kier molecular flexibility index (Phi) is 4.46. The van der Waals surface area contributed by atoms with Gasteiger partial charge in [-0.05, 0) is 5.56 Å². The third-order valence-corrected chi connectivity index (χ3v) is 2.52. The van der Waals surface area contributed by atoms with Gasteiger partial charge >= 0.3 is 6.09 Å². The number of carbonyl (C=O) groups excluding carboxylic acids is 1. The van der Waals surface area contributed by atoms with Crippen molar-refractivity contribution in [1.29, 1.82) is 0 Å². The number of ether oxygens (including phenoxy) is 1. The number of hydrogen-bond donors (Lipinski definition) is 1. The summed E-state index contributed by atoms with van der Waals surface area (Å²) in [5.74, 6) is 0. The van der Waals surface area contributed by atoms with E-state index in [1.807, 2.05) is 30.3 Å². The van der Waals surface area contributed by atoms with Crippen LogP contribution in [0.2, 0.25) is 0 Å². The molecule has 0 aliphatic rings. The molecule has 0 spiro atoms. The SMILES string of the molecule is CNC(=O)OCC(Br)c1ccccc1. The molecule has 1 amide bonds. The van der Waals surface area contributed by atoms with Gasteiger partial charge in [-0.1, -0.05) is 46.3 Å². The summed E-state index contributed by atoms with van der Waals surface area (Å²) < 4.78 is 4.91. The second-order valence-electron chi connectivity index (χ2n) is 2.73. The predicted molar refractivity (Wildman–Crippen MR) is 58.5 cm³/mol. The van der Waals surface area contributed by atoms with E-state index >= 15 is 0 Å². The number of nitrogens with one attached hydrogen (secondary N) is 1. The van der Waals surface area contributed by atoms with Crippen molar-refractivity contribution in [2.45, 2.75) is 4.83 Å². The number of halogens is 1. The molecule has 76 valence electrons. The number of hydrogen-bond acceptors (Lipinski definition) is 2. The third kappa shape index (κ3) is 3.38. The maximum atomic E-state index is 10.8. The second kappa shape index (κ2) is 5.65. The maximum Gasteiger partial charge on any atom is 0.406 e. The lowest BCUT2D eigenvalue weighted by atomic mass is 10.2. The minimum absolute atomic E-state index is 0.0426. The van der Waals surface area contributed by atoms with Crippen molar-refractivity contribution < 1.29 is 9.53 Å². The van der Waals surface area contributed by atoms with E-state index in [0.717, 1.165) is 5.56 Å². The summed E-state index contributed by atoms with van der Waals surface area (Å²) in [5.41, 5.74) is 1.09. The highest BCUT2D eigenvalue weighted by Gasteiger charge is 2.08. The Morgan fingerprint density at radius 1 is 1.50 bits per heavy atom. The van der Waals surface area contributed by atoms with E-state index < -0.39 is 6.09 Å². The molecule has 0 saturated heterocycles. The Labute approximate surface area is 91.6 Å². The van der Waals surface area contributed by atoms with Gasteiger partial charge in [0.2, 0.25) is 0 Å². The van der Waals surface area contributed by atoms with Gasteiger partial charge in [0.15, 0.2) is 0 Å². The van der Waals surface area contributed by atoms with Crippen molar-refractivity contribution in [3.63, 3.8) is 0 Å². The molecule has 0 aromatic heterocycles. The molecule has 0 aliphatic carbocycles. The zero-order valence-electron chi connectivity index (χ0n) is 7.87. The lowest BCUT2D eigenvalue weighted by molar-refractivity contribution is 0.149. The van der Waals surface area contributed by atoms with Gasteiger partial charge < -0.3 is 10.1 Å². The van der Waals surface area contributed by atoms with Crippen LogP contribution < -0.4 is 5.32 Å². The number of rotatable bonds is 3. The van der Waals surface area contributed by atoms with Crippen molar-refractivity contribution in [3.05, 3.63) is 35.9 Å². The first-order valence-corrected chi connectivity index (χ1v) is 5.19. The van der Waals surface area contributed by atoms with Crippen LogP contribution in [0, 0.1) is 0 Å². The van der Waals surface area contributed by atoms with E-state index in [2.05, 4.69) is 21.2 Å². The molecule has 0 heterocycles. The minimum atomic E-state index is -0.412. The summed E-state index contributed by atoms with van der Waals surface area (Å²) in [4.78, 5) is 10.8. The van der Waals surface area contributed by atoms with Gasteiger partial charge in [-0.15, -0.1) is 0 Å². The number of amides is 1. The first-order valence-electron chi connectivity index (χ1n) is 4.27. The summed E-state index contributed by atoms with van der Waals surface area (Å²) in [5, 5.41) is 2.39. The Morgan fingerprint density at radius 3 is 2.71 bits per heavy atom. The van der Waals surface area contributed by atoms with Crippen molar-refractivity contribution in [2.24, 2.45) is 0 Å². The lowest BCUT2D eigenvalue weighted by Gasteiger charge is -2.10. The fourth-order valence-corrected chi connectivity index (χ4v) is 1.42. The Balaban J connectivity index is 2.43. The van der Waals surface area contributed by atoms with Gasteiger partial charge in [-0.2, -0.15) is 0 Å². The first kappa shape index (κ1) is 11.0. The number of benzene rings is 1. The zero-order chi connectivity index (χ0) is 10.4. The van der Waals surface area contributed by atoms with E-state index in [4.69, 9.17) is 4.74 Å². The van der Waals surface area contributed by atoms with Crippen LogP contribution in [0.25, 0.3) is 0 Å². The molecule has 1 N–H and O–H groups in total. The molecule has 4 heteroatoms. The van der Waals surface area contributed by atoms with Crippen LogP contribution in [0.5, 0.6) is 0 Å². The minimum Gasteiger partial charge on any atom is -0.448 e. The van der Waals surface area contributed by atoms with Crippen molar-refractivity contribution >= 4 is 22.0 Å². The number of carbonyl (C=O) groups is 1. The average molecular weight is 258 g/mol. The molecule has 1 aromatic rings. The third-order valence-electron chi connectivity index (χ3n) is 1.73. The summed E-state index contributed by atoms with van der Waals surface area (Å²) >= 11 is 3.44. The largest absolute Gasteiger partial charge is 0.448 e. The van der Waals surface area contributed by atoms with Crippen LogP contribution in [0.4, 0.5) is 4.79 Å². The summed E-state index contributed by atoms with van der Waals surface area (Å²) in [6, 6.07) is 9.80. The molecule has 0 radical (unpaired) electrons. The van der Waals surface area contributed by atoms with Gasteiger partial charge in [0.25, 0.3) is 0 Å². The zero-order valence-corrected chi connectivity index (χ0v) is 9.45. The fourth-order valence-electron chi connectivity index (χ4n) is 0.979. The van der Waals surface area contributed by atoms with Crippen LogP contribution in [-0.4, -0.2) is 19.7 Å². The average Bonchev–Trinajstić information content (AvgIpc) is 2.26. The summed E-state index contributed by atoms with van der Waals surface area (Å²) in [6.45, 7) is 0.323. The van der Waals surface area contributed by atoms with Gasteiger partial charge in [-0.3, -0.25) is 0 Å². The molecule has 14 heavy (non-hydrogen) atoms. The molecule has 0 saturated carbocycles. The highest BCUT2D eigenvalue weighted by Crippen LogP contribution is 2.22. The molecule has 1 rings (SSSR count). The Morgan fingerprint density at radius 2 is 2.14 bits per heavy atom. The number of alkyl halides is 1. The molecule has 1 atom stereocenters. The maximum absolute atomic E-state index is 10.8. The predicted octanol–water partition coefficient (Wildman–Crippen LogP) is 2.48. The normalized spacial score (nSPS) is 11.9. The van der Waals surface area contributed by atoms with Crippen LogP contribution in [0.3, 0.4) is 0 Å². The van der Waals surface area contributed by atoms with E-state index in [9.17, 15) is 4.79 Å². The van der Waals surface area contributed by atoms with Gasteiger partial charge in [0.1, 0.15) is 6.61 Å². The summed E-state index contributed by atoms with van der Waals surface area (Å²) in [6.07, 6.45) is -0.412. The summed E-state index contributed by atoms with van der Waals surface area (Å²) in [7, 11) is 1.54. The van der Waals surface area contributed by atoms with Gasteiger partial charge in [-0.25, -0.2) is 4.79 Å². The van der Waals surface area contributed by atoms with Crippen molar-refractivity contribution in [3.8, 4) is 0 Å². The van der Waals surface area contributed by atoms with Gasteiger partial charge in [0, 0.05) is 7.05 Å². The quantitative estimate of drug-likeness (QED) is 0.846. The Hall–Kier alpha value is -1.03. The van der Waals surface area contributed by atoms with E-state index in [-0.39, 0.29) is 4.83 Å². The Bertz CT molecular complexity index is 289.